The summed E-state index contributed by atoms with van der Waals surface area (Å²) in [5.41, 5.74) is 2.73. The standard InChI is InChI=1S/C27H24ClN2O4P/c1-27(2)17-32-35(31,33-18-27)26(19-8-11-21(28)12-9-19)25-14-10-20-16-23(13-15-24(20)34-25)30-29-22-6-4-3-5-7-22/h3-16H,17-18H2,1-2H3/b26-25-,30-29?. The second kappa shape index (κ2) is 9.56. The van der Waals surface area contributed by atoms with Crippen molar-refractivity contribution < 1.29 is 18.3 Å². The first-order valence-electron chi connectivity index (χ1n) is 11.2. The molecule has 2 heterocycles. The first-order valence-corrected chi connectivity index (χ1v) is 13.1. The highest BCUT2D eigenvalue weighted by atomic mass is 35.5. The first kappa shape index (κ1) is 23.7. The number of halogens is 1. The van der Waals surface area contributed by atoms with E-state index in [2.05, 4.69) is 10.2 Å². The SMILES string of the molecule is CC1(C)COP(=O)(/C(=C2/C=Cc3cc(N=Nc4ccccc4)ccc3O2)c2ccc(Cl)cc2)OC1. The molecule has 0 aromatic heterocycles. The van der Waals surface area contributed by atoms with Gasteiger partial charge in [-0.3, -0.25) is 4.57 Å². The lowest BCUT2D eigenvalue weighted by Gasteiger charge is -2.35. The Morgan fingerprint density at radius 2 is 1.57 bits per heavy atom. The number of allylic oxidation sites excluding steroid dienone is 1. The van der Waals surface area contributed by atoms with Gasteiger partial charge in [-0.05, 0) is 60.2 Å². The van der Waals surface area contributed by atoms with Crippen molar-refractivity contribution in [1.82, 2.24) is 0 Å². The Bertz CT molecular complexity index is 1370. The normalized spacial score (nSPS) is 19.7. The highest BCUT2D eigenvalue weighted by molar-refractivity contribution is 7.65. The highest BCUT2D eigenvalue weighted by Gasteiger charge is 2.42. The van der Waals surface area contributed by atoms with Crippen molar-refractivity contribution >= 4 is 42.0 Å². The van der Waals surface area contributed by atoms with Gasteiger partial charge in [0.2, 0.25) is 0 Å². The third-order valence-corrected chi connectivity index (χ3v) is 7.76. The number of rotatable bonds is 4. The van der Waals surface area contributed by atoms with Crippen LogP contribution in [-0.4, -0.2) is 13.2 Å². The van der Waals surface area contributed by atoms with Crippen LogP contribution in [0.1, 0.15) is 25.0 Å². The van der Waals surface area contributed by atoms with Gasteiger partial charge in [0, 0.05) is 16.0 Å². The van der Waals surface area contributed by atoms with Crippen LogP contribution in [0.5, 0.6) is 5.75 Å². The monoisotopic (exact) mass is 506 g/mol. The summed E-state index contributed by atoms with van der Waals surface area (Å²) in [4.78, 5) is 0. The summed E-state index contributed by atoms with van der Waals surface area (Å²) in [6, 6.07) is 22.1. The minimum atomic E-state index is -3.65. The number of hydrogen-bond donors (Lipinski definition) is 0. The Morgan fingerprint density at radius 1 is 0.886 bits per heavy atom. The second-order valence-corrected chi connectivity index (χ2v) is 11.5. The first-order chi connectivity index (χ1) is 16.8. The van der Waals surface area contributed by atoms with Crippen LogP contribution in [0.25, 0.3) is 11.4 Å². The highest BCUT2D eigenvalue weighted by Crippen LogP contribution is 2.65. The van der Waals surface area contributed by atoms with Crippen molar-refractivity contribution in [2.24, 2.45) is 15.6 Å². The van der Waals surface area contributed by atoms with Crippen molar-refractivity contribution in [3.8, 4) is 5.75 Å². The molecule has 3 aromatic rings. The number of hydrogen-bond acceptors (Lipinski definition) is 6. The van der Waals surface area contributed by atoms with Crippen LogP contribution in [0.4, 0.5) is 11.4 Å². The van der Waals surface area contributed by atoms with E-state index >= 15 is 0 Å². The minimum absolute atomic E-state index is 0.232. The molecule has 0 saturated carbocycles. The molecule has 5 rings (SSSR count). The maximum absolute atomic E-state index is 13.9. The molecule has 0 bridgehead atoms. The van der Waals surface area contributed by atoms with Crippen LogP contribution in [0, 0.1) is 5.41 Å². The molecular formula is C27H24ClN2O4P. The van der Waals surface area contributed by atoms with E-state index < -0.39 is 7.60 Å². The van der Waals surface area contributed by atoms with E-state index in [1.165, 1.54) is 0 Å². The lowest BCUT2D eigenvalue weighted by Crippen LogP contribution is -2.29. The van der Waals surface area contributed by atoms with E-state index in [1.807, 2.05) is 68.5 Å². The fourth-order valence-electron chi connectivity index (χ4n) is 3.65. The van der Waals surface area contributed by atoms with Gasteiger partial charge in [-0.1, -0.05) is 55.8 Å². The van der Waals surface area contributed by atoms with Crippen LogP contribution in [0.15, 0.2) is 94.9 Å². The number of fused-ring (bicyclic) bond motifs is 1. The molecule has 6 nitrogen and oxygen atoms in total. The van der Waals surface area contributed by atoms with Crippen LogP contribution in [0.2, 0.25) is 5.02 Å². The lowest BCUT2D eigenvalue weighted by atomic mass is 9.97. The van der Waals surface area contributed by atoms with Gasteiger partial charge in [-0.15, -0.1) is 0 Å². The van der Waals surface area contributed by atoms with E-state index in [0.29, 0.717) is 46.3 Å². The van der Waals surface area contributed by atoms with Gasteiger partial charge in [-0.25, -0.2) is 0 Å². The van der Waals surface area contributed by atoms with Gasteiger partial charge < -0.3 is 13.8 Å². The van der Waals surface area contributed by atoms with E-state index in [0.717, 1.165) is 11.3 Å². The van der Waals surface area contributed by atoms with E-state index in [4.69, 9.17) is 25.4 Å². The average molecular weight is 507 g/mol. The van der Waals surface area contributed by atoms with Gasteiger partial charge in [0.1, 0.15) is 16.8 Å². The molecule has 0 N–H and O–H groups in total. The van der Waals surface area contributed by atoms with Crippen LogP contribution >= 0.6 is 19.2 Å². The smallest absolute Gasteiger partial charge is 0.365 e. The van der Waals surface area contributed by atoms with Crippen LogP contribution < -0.4 is 4.74 Å². The molecule has 178 valence electrons. The maximum Gasteiger partial charge on any atom is 0.365 e. The molecule has 3 aromatic carbocycles. The van der Waals surface area contributed by atoms with Crippen LogP contribution in [-0.2, 0) is 13.6 Å². The van der Waals surface area contributed by atoms with E-state index in [1.54, 1.807) is 30.3 Å². The molecule has 0 unspecified atom stereocenters. The zero-order valence-corrected chi connectivity index (χ0v) is 21.0. The van der Waals surface area contributed by atoms with E-state index in [-0.39, 0.29) is 5.41 Å². The molecule has 0 radical (unpaired) electrons. The third kappa shape index (κ3) is 5.31. The van der Waals surface area contributed by atoms with Crippen molar-refractivity contribution in [2.45, 2.75) is 13.8 Å². The van der Waals surface area contributed by atoms with Crippen LogP contribution in [0.3, 0.4) is 0 Å². The molecule has 8 heteroatoms. The Labute approximate surface area is 209 Å². The van der Waals surface area contributed by atoms with E-state index in [9.17, 15) is 4.57 Å². The second-order valence-electron chi connectivity index (χ2n) is 9.12. The Kier molecular flexibility index (Phi) is 6.47. The predicted molar refractivity (Wildman–Crippen MR) is 138 cm³/mol. The zero-order chi connectivity index (χ0) is 24.5. The molecule has 2 aliphatic heterocycles. The van der Waals surface area contributed by atoms with Gasteiger partial charge in [-0.2, -0.15) is 10.2 Å². The van der Waals surface area contributed by atoms with Crippen molar-refractivity contribution in [2.75, 3.05) is 13.2 Å². The van der Waals surface area contributed by atoms with Crippen molar-refractivity contribution in [3.63, 3.8) is 0 Å². The fourth-order valence-corrected chi connectivity index (χ4v) is 6.00. The zero-order valence-electron chi connectivity index (χ0n) is 19.3. The molecule has 1 saturated heterocycles. The number of azo groups is 1. The summed E-state index contributed by atoms with van der Waals surface area (Å²) < 4.78 is 31.9. The summed E-state index contributed by atoms with van der Waals surface area (Å²) in [6.07, 6.45) is 3.67. The van der Waals surface area contributed by atoms with Gasteiger partial charge in [0.25, 0.3) is 0 Å². The number of ether oxygens (including phenoxy) is 1. The summed E-state index contributed by atoms with van der Waals surface area (Å²) in [6.45, 7) is 4.63. The quantitative estimate of drug-likeness (QED) is 0.262. The Morgan fingerprint density at radius 3 is 2.29 bits per heavy atom. The number of nitrogens with zero attached hydrogens (tertiary/aromatic N) is 2. The van der Waals surface area contributed by atoms with Crippen molar-refractivity contribution in [1.29, 1.82) is 0 Å². The topological polar surface area (TPSA) is 69.5 Å². The van der Waals surface area contributed by atoms with Crippen molar-refractivity contribution in [3.05, 3.63) is 101 Å². The minimum Gasteiger partial charge on any atom is -0.456 e. The predicted octanol–water partition coefficient (Wildman–Crippen LogP) is 8.80. The molecule has 0 amide bonds. The number of benzene rings is 3. The molecule has 0 spiro atoms. The summed E-state index contributed by atoms with van der Waals surface area (Å²) >= 11 is 6.10. The summed E-state index contributed by atoms with van der Waals surface area (Å²) in [7, 11) is -3.65. The Hall–Kier alpha value is -3.02. The molecular weight excluding hydrogens is 483 g/mol. The summed E-state index contributed by atoms with van der Waals surface area (Å²) in [5, 5.41) is 9.54. The largest absolute Gasteiger partial charge is 0.456 e. The molecule has 1 fully saturated rings. The average Bonchev–Trinajstić information content (AvgIpc) is 2.87. The molecule has 0 atom stereocenters. The molecule has 35 heavy (non-hydrogen) atoms. The third-order valence-electron chi connectivity index (χ3n) is 5.54. The lowest BCUT2D eigenvalue weighted by molar-refractivity contribution is 0.0466. The molecule has 0 aliphatic carbocycles. The summed E-state index contributed by atoms with van der Waals surface area (Å²) in [5.74, 6) is 1.01. The van der Waals surface area contributed by atoms with Gasteiger partial charge in [0.05, 0.1) is 24.6 Å². The fraction of sp³-hybridized carbons (Fsp3) is 0.185. The Balaban J connectivity index is 1.50. The van der Waals surface area contributed by atoms with Gasteiger partial charge >= 0.3 is 7.60 Å². The maximum atomic E-state index is 13.9. The molecule has 2 aliphatic rings. The van der Waals surface area contributed by atoms with Gasteiger partial charge in [0.15, 0.2) is 0 Å².